The molecular formula is C7H11N2. The minimum absolute atomic E-state index is 0.986. The van der Waals surface area contributed by atoms with Gasteiger partial charge in [0.15, 0.2) is 0 Å². The molecule has 0 unspecified atom stereocenters. The highest BCUT2D eigenvalue weighted by Crippen LogP contribution is 1.91. The van der Waals surface area contributed by atoms with Crippen LogP contribution in [-0.2, 0) is 6.54 Å². The van der Waals surface area contributed by atoms with Gasteiger partial charge in [-0.15, -0.1) is 0 Å². The molecule has 0 saturated heterocycles. The lowest BCUT2D eigenvalue weighted by Gasteiger charge is -1.95. The summed E-state index contributed by atoms with van der Waals surface area (Å²) >= 11 is 0. The molecule has 0 fully saturated rings. The van der Waals surface area contributed by atoms with Gasteiger partial charge in [0.2, 0.25) is 0 Å². The van der Waals surface area contributed by atoms with Gasteiger partial charge in [0.25, 0.3) is 0 Å². The molecule has 9 heavy (non-hydrogen) atoms. The molecule has 1 radical (unpaired) electrons. The normalized spacial score (nSPS) is 9.89. The van der Waals surface area contributed by atoms with Crippen molar-refractivity contribution in [2.45, 2.75) is 19.4 Å². The molecule has 0 aliphatic carbocycles. The van der Waals surface area contributed by atoms with Crippen molar-refractivity contribution >= 4 is 0 Å². The van der Waals surface area contributed by atoms with Crippen LogP contribution >= 0.6 is 0 Å². The molecule has 0 aliphatic rings. The third kappa shape index (κ3) is 1.88. The number of nitrogens with zero attached hydrogens (tertiary/aromatic N) is 2. The summed E-state index contributed by atoms with van der Waals surface area (Å²) in [6.45, 7) is 4.74. The highest BCUT2D eigenvalue weighted by Gasteiger charge is 1.85. The van der Waals surface area contributed by atoms with E-state index in [2.05, 4.69) is 12.0 Å². The summed E-state index contributed by atoms with van der Waals surface area (Å²) in [6, 6.07) is 1.93. The van der Waals surface area contributed by atoms with Crippen molar-refractivity contribution in [2.75, 3.05) is 0 Å². The van der Waals surface area contributed by atoms with Crippen molar-refractivity contribution in [3.05, 3.63) is 25.4 Å². The predicted octanol–water partition coefficient (Wildman–Crippen LogP) is 1.50. The Hall–Kier alpha value is -0.790. The van der Waals surface area contributed by atoms with E-state index in [0.717, 1.165) is 19.4 Å². The van der Waals surface area contributed by atoms with Crippen LogP contribution in [0.15, 0.2) is 18.5 Å². The van der Waals surface area contributed by atoms with Gasteiger partial charge in [-0.3, -0.25) is 4.68 Å². The van der Waals surface area contributed by atoms with Crippen LogP contribution in [0.4, 0.5) is 0 Å². The van der Waals surface area contributed by atoms with E-state index in [1.54, 1.807) is 6.20 Å². The van der Waals surface area contributed by atoms with Gasteiger partial charge in [-0.1, -0.05) is 13.3 Å². The summed E-state index contributed by atoms with van der Waals surface area (Å²) in [5.41, 5.74) is 0. The van der Waals surface area contributed by atoms with Crippen LogP contribution in [0.5, 0.6) is 0 Å². The second-order valence-electron chi connectivity index (χ2n) is 1.98. The van der Waals surface area contributed by atoms with Crippen LogP contribution in [0, 0.1) is 6.92 Å². The van der Waals surface area contributed by atoms with Gasteiger partial charge in [-0.25, -0.2) is 0 Å². The number of aromatic nitrogens is 2. The Bertz CT molecular complexity index is 144. The number of hydrogen-bond donors (Lipinski definition) is 0. The van der Waals surface area contributed by atoms with E-state index >= 15 is 0 Å². The number of unbranched alkanes of at least 4 members (excludes halogenated alkanes) is 1. The summed E-state index contributed by atoms with van der Waals surface area (Å²) in [7, 11) is 0. The Morgan fingerprint density at radius 2 is 2.44 bits per heavy atom. The SMILES string of the molecule is [CH2]CCCn1cccn1. The zero-order chi connectivity index (χ0) is 6.53. The van der Waals surface area contributed by atoms with Crippen LogP contribution in [0.1, 0.15) is 12.8 Å². The maximum Gasteiger partial charge on any atom is 0.0489 e. The smallest absolute Gasteiger partial charge is 0.0489 e. The summed E-state index contributed by atoms with van der Waals surface area (Å²) < 4.78 is 1.92. The first-order valence-corrected chi connectivity index (χ1v) is 3.20. The number of rotatable bonds is 3. The molecule has 0 saturated carbocycles. The lowest BCUT2D eigenvalue weighted by atomic mass is 10.3. The first-order chi connectivity index (χ1) is 4.43. The lowest BCUT2D eigenvalue weighted by Crippen LogP contribution is -1.96. The standard InChI is InChI=1S/C7H11N2/c1-2-3-6-9-7-4-5-8-9/h4-5,7H,1-3,6H2. The molecule has 0 aliphatic heterocycles. The number of hydrogen-bond acceptors (Lipinski definition) is 1. The Morgan fingerprint density at radius 3 is 3.00 bits per heavy atom. The van der Waals surface area contributed by atoms with E-state index in [9.17, 15) is 0 Å². The summed E-state index contributed by atoms with van der Waals surface area (Å²) in [6.07, 6.45) is 5.86. The Balaban J connectivity index is 2.30. The predicted molar refractivity (Wildman–Crippen MR) is 36.8 cm³/mol. The molecule has 0 bridgehead atoms. The third-order valence-electron chi connectivity index (χ3n) is 1.20. The van der Waals surface area contributed by atoms with E-state index in [1.165, 1.54) is 0 Å². The average Bonchev–Trinajstić information content (AvgIpc) is 2.34. The van der Waals surface area contributed by atoms with Gasteiger partial charge in [0.05, 0.1) is 0 Å². The molecule has 0 spiro atoms. The quantitative estimate of drug-likeness (QED) is 0.595. The van der Waals surface area contributed by atoms with Gasteiger partial charge in [0.1, 0.15) is 0 Å². The van der Waals surface area contributed by atoms with Crippen molar-refractivity contribution in [1.82, 2.24) is 9.78 Å². The highest BCUT2D eigenvalue weighted by atomic mass is 15.3. The fourth-order valence-corrected chi connectivity index (χ4v) is 0.707. The molecule has 1 rings (SSSR count). The van der Waals surface area contributed by atoms with Crippen molar-refractivity contribution in [2.24, 2.45) is 0 Å². The Morgan fingerprint density at radius 1 is 1.56 bits per heavy atom. The molecule has 49 valence electrons. The van der Waals surface area contributed by atoms with Crippen LogP contribution in [0.25, 0.3) is 0 Å². The number of aryl methyl sites for hydroxylation is 1. The van der Waals surface area contributed by atoms with E-state index in [1.807, 2.05) is 16.9 Å². The average molecular weight is 123 g/mol. The Kier molecular flexibility index (Phi) is 2.31. The molecule has 0 atom stereocenters. The van der Waals surface area contributed by atoms with E-state index in [0.29, 0.717) is 0 Å². The largest absolute Gasteiger partial charge is 0.273 e. The van der Waals surface area contributed by atoms with Crippen LogP contribution < -0.4 is 0 Å². The van der Waals surface area contributed by atoms with E-state index in [-0.39, 0.29) is 0 Å². The van der Waals surface area contributed by atoms with Gasteiger partial charge < -0.3 is 0 Å². The van der Waals surface area contributed by atoms with Crippen molar-refractivity contribution in [3.8, 4) is 0 Å². The first-order valence-electron chi connectivity index (χ1n) is 3.20. The molecule has 2 heteroatoms. The van der Waals surface area contributed by atoms with Crippen LogP contribution in [-0.4, -0.2) is 9.78 Å². The maximum atomic E-state index is 4.04. The molecular weight excluding hydrogens is 112 g/mol. The third-order valence-corrected chi connectivity index (χ3v) is 1.20. The fourth-order valence-electron chi connectivity index (χ4n) is 0.707. The molecule has 1 aromatic rings. The molecule has 0 amide bonds. The molecule has 0 aromatic carbocycles. The van der Waals surface area contributed by atoms with E-state index < -0.39 is 0 Å². The maximum absolute atomic E-state index is 4.04. The summed E-state index contributed by atoms with van der Waals surface area (Å²) in [5.74, 6) is 0. The van der Waals surface area contributed by atoms with Crippen LogP contribution in [0.3, 0.4) is 0 Å². The molecule has 1 aromatic heterocycles. The van der Waals surface area contributed by atoms with Crippen molar-refractivity contribution in [1.29, 1.82) is 0 Å². The summed E-state index contributed by atoms with van der Waals surface area (Å²) in [4.78, 5) is 0. The zero-order valence-corrected chi connectivity index (χ0v) is 5.45. The molecule has 2 nitrogen and oxygen atoms in total. The van der Waals surface area contributed by atoms with Crippen LogP contribution in [0.2, 0.25) is 0 Å². The van der Waals surface area contributed by atoms with Gasteiger partial charge in [0, 0.05) is 18.9 Å². The van der Waals surface area contributed by atoms with Crippen molar-refractivity contribution < 1.29 is 0 Å². The Labute approximate surface area is 55.5 Å². The lowest BCUT2D eigenvalue weighted by molar-refractivity contribution is 0.583. The topological polar surface area (TPSA) is 17.8 Å². The molecule has 1 heterocycles. The second kappa shape index (κ2) is 3.28. The minimum Gasteiger partial charge on any atom is -0.273 e. The molecule has 0 N–H and O–H groups in total. The van der Waals surface area contributed by atoms with E-state index in [4.69, 9.17) is 0 Å². The minimum atomic E-state index is 0.986. The summed E-state index contributed by atoms with van der Waals surface area (Å²) in [5, 5.41) is 4.04. The van der Waals surface area contributed by atoms with Gasteiger partial charge in [-0.2, -0.15) is 5.10 Å². The highest BCUT2D eigenvalue weighted by molar-refractivity contribution is 4.77. The van der Waals surface area contributed by atoms with Crippen molar-refractivity contribution in [3.63, 3.8) is 0 Å². The monoisotopic (exact) mass is 123 g/mol. The first kappa shape index (κ1) is 6.33. The van der Waals surface area contributed by atoms with Gasteiger partial charge >= 0.3 is 0 Å². The van der Waals surface area contributed by atoms with Gasteiger partial charge in [-0.05, 0) is 12.5 Å². The second-order valence-corrected chi connectivity index (χ2v) is 1.98. The fraction of sp³-hybridized carbons (Fsp3) is 0.429. The zero-order valence-electron chi connectivity index (χ0n) is 5.45.